The molecule has 1 aliphatic heterocycles. The second-order valence-electron chi connectivity index (χ2n) is 10.8. The number of carbonyl (C=O) groups excluding carboxylic acids is 1. The fourth-order valence-electron chi connectivity index (χ4n) is 5.88. The van der Waals surface area contributed by atoms with Crippen LogP contribution < -0.4 is 19.6 Å². The van der Waals surface area contributed by atoms with Crippen molar-refractivity contribution in [1.29, 1.82) is 5.26 Å². The molecule has 0 amide bonds. The molecule has 6 rings (SSSR count). The summed E-state index contributed by atoms with van der Waals surface area (Å²) in [5.74, 6) is -0.0312. The van der Waals surface area contributed by atoms with Crippen LogP contribution in [0.25, 0.3) is 17.0 Å². The van der Waals surface area contributed by atoms with E-state index in [9.17, 15) is 14.9 Å². The molecule has 3 aromatic carbocycles. The normalized spacial score (nSPS) is 14.6. The number of allylic oxidation sites excluding steroid dienone is 1. The Morgan fingerprint density at radius 3 is 2.63 bits per heavy atom. The number of nitriles is 1. The lowest BCUT2D eigenvalue weighted by Gasteiger charge is -2.27. The number of thiazole rings is 1. The molecule has 5 aromatic rings. The molecule has 0 aliphatic carbocycles. The largest absolute Gasteiger partial charge is 0.496 e. The van der Waals surface area contributed by atoms with Gasteiger partial charge < -0.3 is 14.0 Å². The van der Waals surface area contributed by atoms with Gasteiger partial charge in [-0.2, -0.15) is 5.26 Å². The zero-order chi connectivity index (χ0) is 32.4. The number of hydrogen-bond donors (Lipinski definition) is 0. The molecule has 232 valence electrons. The van der Waals surface area contributed by atoms with Crippen LogP contribution in [0, 0.1) is 11.3 Å². The number of halogens is 1. The molecule has 0 saturated carbocycles. The highest BCUT2D eigenvalue weighted by molar-refractivity contribution is 7.07. The van der Waals surface area contributed by atoms with E-state index in [0.717, 1.165) is 28.5 Å². The van der Waals surface area contributed by atoms with Gasteiger partial charge in [-0.05, 0) is 61.4 Å². The van der Waals surface area contributed by atoms with Crippen molar-refractivity contribution in [3.63, 3.8) is 0 Å². The molecule has 3 heterocycles. The van der Waals surface area contributed by atoms with Crippen molar-refractivity contribution in [2.24, 2.45) is 4.99 Å². The van der Waals surface area contributed by atoms with Crippen molar-refractivity contribution in [1.82, 2.24) is 9.13 Å². The summed E-state index contributed by atoms with van der Waals surface area (Å²) in [7, 11) is 1.55. The number of aromatic nitrogens is 2. The number of benzene rings is 3. The SMILES string of the molecule is CCCC1=C(C(=O)OCC)[C@H](c2cc(Cl)ccc2OC)n2c(s/c(=C/c3cn(Cc4ccc(C#N)cc4)c4ccccc34)c2=O)=N1. The Labute approximate surface area is 274 Å². The van der Waals surface area contributed by atoms with E-state index in [0.29, 0.717) is 55.5 Å². The highest BCUT2D eigenvalue weighted by Gasteiger charge is 2.36. The first-order valence-corrected chi connectivity index (χ1v) is 16.2. The molecule has 46 heavy (non-hydrogen) atoms. The van der Waals surface area contributed by atoms with E-state index in [-0.39, 0.29) is 12.2 Å². The van der Waals surface area contributed by atoms with Gasteiger partial charge in [0.05, 0.1) is 41.2 Å². The molecule has 0 spiro atoms. The highest BCUT2D eigenvalue weighted by Crippen LogP contribution is 2.38. The number of hydrogen-bond acceptors (Lipinski definition) is 7. The number of esters is 1. The standard InChI is InChI=1S/C36H31ClN4O4S/c1-4-8-28-32(35(43)45-5-2)33(27-18-25(37)15-16-30(27)44-3)41-34(42)31(46-36(41)39-28)17-24-21-40(29-10-7-6-9-26(24)29)20-23-13-11-22(19-38)12-14-23/h6-7,9-18,21,33H,4-5,8,20H2,1-3H3/b31-17+/t33-/m0/s1. The van der Waals surface area contributed by atoms with Crippen LogP contribution in [0.1, 0.15) is 55.0 Å². The molecule has 10 heteroatoms. The number of para-hydroxylation sites is 1. The van der Waals surface area contributed by atoms with Gasteiger partial charge in [-0.15, -0.1) is 0 Å². The van der Waals surface area contributed by atoms with Gasteiger partial charge in [0.1, 0.15) is 11.8 Å². The Bertz CT molecular complexity index is 2220. The van der Waals surface area contributed by atoms with Gasteiger partial charge >= 0.3 is 5.97 Å². The smallest absolute Gasteiger partial charge is 0.338 e. The van der Waals surface area contributed by atoms with E-state index in [1.807, 2.05) is 67.7 Å². The monoisotopic (exact) mass is 650 g/mol. The van der Waals surface area contributed by atoms with Crippen molar-refractivity contribution in [3.05, 3.63) is 131 Å². The minimum absolute atomic E-state index is 0.179. The maximum atomic E-state index is 14.4. The summed E-state index contributed by atoms with van der Waals surface area (Å²) in [4.78, 5) is 33.3. The maximum Gasteiger partial charge on any atom is 0.338 e. The predicted octanol–water partition coefficient (Wildman–Crippen LogP) is 6.12. The van der Waals surface area contributed by atoms with Gasteiger partial charge in [-0.3, -0.25) is 9.36 Å². The number of carbonyl (C=O) groups is 1. The molecule has 2 aromatic heterocycles. The van der Waals surface area contributed by atoms with Crippen LogP contribution in [0.4, 0.5) is 0 Å². The van der Waals surface area contributed by atoms with Crippen LogP contribution in [-0.2, 0) is 16.1 Å². The molecular weight excluding hydrogens is 620 g/mol. The highest BCUT2D eigenvalue weighted by atomic mass is 35.5. The Hall–Kier alpha value is -4.91. The van der Waals surface area contributed by atoms with E-state index < -0.39 is 12.0 Å². The van der Waals surface area contributed by atoms with Gasteiger partial charge in [-0.1, -0.05) is 66.6 Å². The number of ether oxygens (including phenoxy) is 2. The third-order valence-electron chi connectivity index (χ3n) is 7.92. The molecule has 0 saturated heterocycles. The number of methoxy groups -OCH3 is 1. The Morgan fingerprint density at radius 2 is 1.91 bits per heavy atom. The first-order chi connectivity index (χ1) is 22.4. The molecule has 8 nitrogen and oxygen atoms in total. The van der Waals surface area contributed by atoms with Crippen LogP contribution in [0.15, 0.2) is 94.0 Å². The molecule has 1 atom stereocenters. The predicted molar refractivity (Wildman–Crippen MR) is 180 cm³/mol. The van der Waals surface area contributed by atoms with Gasteiger partial charge in [0, 0.05) is 39.8 Å². The lowest BCUT2D eigenvalue weighted by atomic mass is 9.93. The number of rotatable bonds is 9. The van der Waals surface area contributed by atoms with Crippen molar-refractivity contribution >= 4 is 45.9 Å². The van der Waals surface area contributed by atoms with Crippen molar-refractivity contribution < 1.29 is 14.3 Å². The second-order valence-corrected chi connectivity index (χ2v) is 12.3. The van der Waals surface area contributed by atoms with Crippen molar-refractivity contribution in [2.75, 3.05) is 13.7 Å². The fourth-order valence-corrected chi connectivity index (χ4v) is 7.07. The summed E-state index contributed by atoms with van der Waals surface area (Å²) < 4.78 is 15.4. The van der Waals surface area contributed by atoms with Gasteiger partial charge in [0.2, 0.25) is 0 Å². The Kier molecular flexibility index (Phi) is 8.93. The zero-order valence-corrected chi connectivity index (χ0v) is 27.2. The first kappa shape index (κ1) is 31.1. The lowest BCUT2D eigenvalue weighted by Crippen LogP contribution is -2.40. The zero-order valence-electron chi connectivity index (χ0n) is 25.6. The van der Waals surface area contributed by atoms with Gasteiger partial charge in [-0.25, -0.2) is 9.79 Å². The quantitative estimate of drug-likeness (QED) is 0.179. The van der Waals surface area contributed by atoms with Crippen LogP contribution in [0.5, 0.6) is 5.75 Å². The lowest BCUT2D eigenvalue weighted by molar-refractivity contribution is -0.139. The van der Waals surface area contributed by atoms with E-state index >= 15 is 0 Å². The summed E-state index contributed by atoms with van der Waals surface area (Å²) in [6, 6.07) is 22.1. The summed E-state index contributed by atoms with van der Waals surface area (Å²) in [5.41, 5.74) is 4.74. The third kappa shape index (κ3) is 5.78. The summed E-state index contributed by atoms with van der Waals surface area (Å²) >= 11 is 7.75. The van der Waals surface area contributed by atoms with Crippen LogP contribution >= 0.6 is 22.9 Å². The van der Waals surface area contributed by atoms with E-state index in [4.69, 9.17) is 26.1 Å². The molecule has 1 aliphatic rings. The Morgan fingerprint density at radius 1 is 1.13 bits per heavy atom. The van der Waals surface area contributed by atoms with Crippen LogP contribution in [0.3, 0.4) is 0 Å². The van der Waals surface area contributed by atoms with Crippen LogP contribution in [-0.4, -0.2) is 28.8 Å². The molecule has 0 radical (unpaired) electrons. The van der Waals surface area contributed by atoms with Crippen molar-refractivity contribution in [2.45, 2.75) is 39.3 Å². The average Bonchev–Trinajstić information content (AvgIpc) is 3.57. The summed E-state index contributed by atoms with van der Waals surface area (Å²) in [6.45, 7) is 4.54. The van der Waals surface area contributed by atoms with E-state index in [2.05, 4.69) is 10.6 Å². The topological polar surface area (TPSA) is 98.6 Å². The van der Waals surface area contributed by atoms with Gasteiger partial charge in [0.15, 0.2) is 4.80 Å². The minimum Gasteiger partial charge on any atom is -0.496 e. The molecule has 0 unspecified atom stereocenters. The minimum atomic E-state index is -0.842. The second kappa shape index (κ2) is 13.2. The summed E-state index contributed by atoms with van der Waals surface area (Å²) in [6.07, 6.45) is 5.20. The fraction of sp³-hybridized carbons (Fsp3) is 0.222. The number of fused-ring (bicyclic) bond motifs is 2. The maximum absolute atomic E-state index is 14.4. The van der Waals surface area contributed by atoms with Gasteiger partial charge in [0.25, 0.3) is 5.56 Å². The molecule has 0 fully saturated rings. The van der Waals surface area contributed by atoms with Crippen LogP contribution in [0.2, 0.25) is 5.02 Å². The molecule has 0 bridgehead atoms. The molecule has 0 N–H and O–H groups in total. The van der Waals surface area contributed by atoms with E-state index in [1.54, 1.807) is 36.8 Å². The first-order valence-electron chi connectivity index (χ1n) is 15.0. The Balaban J connectivity index is 1.55. The third-order valence-corrected chi connectivity index (χ3v) is 9.14. The van der Waals surface area contributed by atoms with Crippen molar-refractivity contribution in [3.8, 4) is 11.8 Å². The summed E-state index contributed by atoms with van der Waals surface area (Å²) in [5, 5.41) is 10.6. The average molecular weight is 651 g/mol. The van der Waals surface area contributed by atoms with E-state index in [1.165, 1.54) is 11.3 Å². The molecular formula is C36H31ClN4O4S. The number of nitrogens with zero attached hydrogens (tertiary/aromatic N) is 4.